The van der Waals surface area contributed by atoms with Gasteiger partial charge in [-0.1, -0.05) is 46.4 Å². The van der Waals surface area contributed by atoms with Crippen LogP contribution in [0.15, 0.2) is 10.1 Å². The second-order valence-electron chi connectivity index (χ2n) is 6.22. The van der Waals surface area contributed by atoms with Crippen LogP contribution in [0.3, 0.4) is 0 Å². The third-order valence-corrected chi connectivity index (χ3v) is 10.0. The lowest BCUT2D eigenvalue weighted by atomic mass is 9.70. The summed E-state index contributed by atoms with van der Waals surface area (Å²) in [6.07, 6.45) is -1.09. The fourth-order valence-corrected chi connectivity index (χ4v) is 8.14. The van der Waals surface area contributed by atoms with Crippen molar-refractivity contribution in [2.24, 2.45) is 23.7 Å². The summed E-state index contributed by atoms with van der Waals surface area (Å²) in [5.74, 6) is -1.05. The van der Waals surface area contributed by atoms with Gasteiger partial charge in [0.2, 0.25) is 0 Å². The molecular weight excluding hydrogens is 389 g/mol. The van der Waals surface area contributed by atoms with E-state index in [0.717, 1.165) is 0 Å². The van der Waals surface area contributed by atoms with Gasteiger partial charge in [-0.15, -0.1) is 23.2 Å². The molecule has 4 aliphatic carbocycles. The maximum absolute atomic E-state index is 10.2. The number of fused-ring (bicyclic) bond motifs is 9. The molecule has 3 saturated carbocycles. The quantitative estimate of drug-likeness (QED) is 0.484. The van der Waals surface area contributed by atoms with E-state index in [1.807, 2.05) is 0 Å². The number of aliphatic hydroxyl groups is 2. The lowest BCUT2D eigenvalue weighted by Gasteiger charge is -2.42. The van der Waals surface area contributed by atoms with Crippen LogP contribution in [-0.4, -0.2) is 36.5 Å². The lowest BCUT2D eigenvalue weighted by molar-refractivity contribution is -0.0559. The molecule has 0 aromatic rings. The van der Waals surface area contributed by atoms with Gasteiger partial charge < -0.3 is 10.2 Å². The van der Waals surface area contributed by atoms with E-state index in [1.165, 1.54) is 0 Å². The topological polar surface area (TPSA) is 40.5 Å². The molecular formula is C12H10Cl6O2. The van der Waals surface area contributed by atoms with Crippen LogP contribution in [0.4, 0.5) is 0 Å². The molecule has 8 atom stereocenters. The fourth-order valence-electron chi connectivity index (χ4n) is 5.01. The van der Waals surface area contributed by atoms with Crippen molar-refractivity contribution in [2.75, 3.05) is 0 Å². The molecule has 4 bridgehead atoms. The monoisotopic (exact) mass is 396 g/mol. The summed E-state index contributed by atoms with van der Waals surface area (Å²) in [6.45, 7) is 0. The SMILES string of the molecule is O[C@@H]1[C@H](O)[C@H]2C[C@H]1[C@H]1[C@@H]2[C@@]2(Cl)C(Cl)=C(Cl)[C@@]1(Cl)C2(Cl)Cl. The fraction of sp³-hybridized carbons (Fsp3) is 0.833. The molecule has 0 aromatic heterocycles. The Morgan fingerprint density at radius 1 is 0.800 bits per heavy atom. The molecule has 0 saturated heterocycles. The van der Waals surface area contributed by atoms with Crippen molar-refractivity contribution in [3.05, 3.63) is 10.1 Å². The van der Waals surface area contributed by atoms with E-state index in [0.29, 0.717) is 6.42 Å². The number of hydrogen-bond acceptors (Lipinski definition) is 2. The van der Waals surface area contributed by atoms with Crippen molar-refractivity contribution in [1.82, 2.24) is 0 Å². The zero-order valence-corrected chi connectivity index (χ0v) is 14.4. The van der Waals surface area contributed by atoms with Gasteiger partial charge in [-0.2, -0.15) is 0 Å². The second-order valence-corrected chi connectivity index (χ2v) is 9.50. The molecule has 4 rings (SSSR count). The van der Waals surface area contributed by atoms with Crippen LogP contribution in [0.2, 0.25) is 0 Å². The van der Waals surface area contributed by atoms with Crippen molar-refractivity contribution in [3.63, 3.8) is 0 Å². The van der Waals surface area contributed by atoms with Crippen molar-refractivity contribution in [1.29, 1.82) is 0 Å². The van der Waals surface area contributed by atoms with Crippen LogP contribution in [0.1, 0.15) is 6.42 Å². The summed E-state index contributed by atoms with van der Waals surface area (Å²) in [6, 6.07) is 0. The minimum Gasteiger partial charge on any atom is -0.390 e. The van der Waals surface area contributed by atoms with Gasteiger partial charge in [0.15, 0.2) is 4.33 Å². The van der Waals surface area contributed by atoms with E-state index in [-0.39, 0.29) is 33.7 Å². The van der Waals surface area contributed by atoms with E-state index < -0.39 is 26.3 Å². The summed E-state index contributed by atoms with van der Waals surface area (Å²) in [5.41, 5.74) is 0. The van der Waals surface area contributed by atoms with E-state index in [4.69, 9.17) is 69.6 Å². The molecule has 0 unspecified atom stereocenters. The molecule has 4 aliphatic rings. The minimum absolute atomic E-state index is 0.163. The normalized spacial score (nSPS) is 62.4. The smallest absolute Gasteiger partial charge is 0.166 e. The van der Waals surface area contributed by atoms with Gasteiger partial charge in [0.25, 0.3) is 0 Å². The zero-order valence-electron chi connectivity index (χ0n) is 9.83. The summed E-state index contributed by atoms with van der Waals surface area (Å²) in [4.78, 5) is -2.64. The van der Waals surface area contributed by atoms with Gasteiger partial charge >= 0.3 is 0 Å². The van der Waals surface area contributed by atoms with Crippen LogP contribution in [-0.2, 0) is 0 Å². The molecule has 0 aromatic carbocycles. The highest BCUT2D eigenvalue weighted by Gasteiger charge is 2.87. The maximum atomic E-state index is 10.2. The molecule has 3 fully saturated rings. The highest BCUT2D eigenvalue weighted by molar-refractivity contribution is 6.65. The molecule has 0 aliphatic heterocycles. The van der Waals surface area contributed by atoms with Crippen LogP contribution in [0, 0.1) is 23.7 Å². The average molecular weight is 399 g/mol. The van der Waals surface area contributed by atoms with Crippen molar-refractivity contribution in [3.8, 4) is 0 Å². The zero-order chi connectivity index (χ0) is 14.8. The van der Waals surface area contributed by atoms with E-state index >= 15 is 0 Å². The average Bonchev–Trinajstić information content (AvgIpc) is 2.97. The third kappa shape index (κ3) is 1.16. The predicted octanol–water partition coefficient (Wildman–Crippen LogP) is 3.44. The molecule has 112 valence electrons. The number of halogens is 6. The highest BCUT2D eigenvalue weighted by Crippen LogP contribution is 2.82. The molecule has 0 spiro atoms. The lowest BCUT2D eigenvalue weighted by Crippen LogP contribution is -2.50. The van der Waals surface area contributed by atoms with E-state index in [2.05, 4.69) is 0 Å². The molecule has 0 amide bonds. The Kier molecular flexibility index (Phi) is 2.91. The van der Waals surface area contributed by atoms with Crippen LogP contribution >= 0.6 is 69.6 Å². The van der Waals surface area contributed by atoms with Crippen LogP contribution in [0.25, 0.3) is 0 Å². The molecule has 2 nitrogen and oxygen atoms in total. The summed E-state index contributed by atoms with van der Waals surface area (Å²) in [5, 5.41) is 20.6. The molecule has 2 N–H and O–H groups in total. The largest absolute Gasteiger partial charge is 0.390 e. The Morgan fingerprint density at radius 3 is 1.50 bits per heavy atom. The first-order valence-electron chi connectivity index (χ1n) is 6.29. The Hall–Kier alpha value is 1.40. The first-order valence-corrected chi connectivity index (χ1v) is 8.56. The Bertz CT molecular complexity index is 506. The first kappa shape index (κ1) is 15.0. The van der Waals surface area contributed by atoms with Gasteiger partial charge in [0.05, 0.1) is 22.3 Å². The van der Waals surface area contributed by atoms with E-state index in [1.54, 1.807) is 0 Å². The number of alkyl halides is 4. The van der Waals surface area contributed by atoms with E-state index in [9.17, 15) is 10.2 Å². The van der Waals surface area contributed by atoms with Gasteiger partial charge in [0, 0.05) is 0 Å². The van der Waals surface area contributed by atoms with Crippen molar-refractivity contribution >= 4 is 69.6 Å². The third-order valence-electron chi connectivity index (χ3n) is 5.75. The number of allylic oxidation sites excluding steroid dienone is 2. The molecule has 0 radical (unpaired) electrons. The van der Waals surface area contributed by atoms with Gasteiger partial charge in [0.1, 0.15) is 9.75 Å². The second kappa shape index (κ2) is 3.89. The number of hydrogen-bond donors (Lipinski definition) is 2. The van der Waals surface area contributed by atoms with Gasteiger partial charge in [-0.05, 0) is 30.1 Å². The highest BCUT2D eigenvalue weighted by atomic mass is 35.5. The Morgan fingerprint density at radius 2 is 1.15 bits per heavy atom. The Balaban J connectivity index is 1.98. The van der Waals surface area contributed by atoms with Crippen LogP contribution < -0.4 is 0 Å². The van der Waals surface area contributed by atoms with Crippen LogP contribution in [0.5, 0.6) is 0 Å². The molecule has 8 heteroatoms. The maximum Gasteiger partial charge on any atom is 0.166 e. The number of aliphatic hydroxyl groups excluding tert-OH is 2. The van der Waals surface area contributed by atoms with Gasteiger partial charge in [-0.25, -0.2) is 0 Å². The van der Waals surface area contributed by atoms with Crippen molar-refractivity contribution < 1.29 is 10.2 Å². The first-order chi connectivity index (χ1) is 9.11. The minimum atomic E-state index is -1.58. The predicted molar refractivity (Wildman–Crippen MR) is 80.9 cm³/mol. The summed E-state index contributed by atoms with van der Waals surface area (Å²) >= 11 is 39.0. The molecule has 0 heterocycles. The van der Waals surface area contributed by atoms with Gasteiger partial charge in [-0.3, -0.25) is 0 Å². The summed E-state index contributed by atoms with van der Waals surface area (Å²) < 4.78 is -1.58. The van der Waals surface area contributed by atoms with Crippen molar-refractivity contribution in [2.45, 2.75) is 32.7 Å². The number of rotatable bonds is 0. The molecule has 20 heavy (non-hydrogen) atoms. The standard InChI is InChI=1S/C12H10Cl6O2/c13-8-9(14)11(16)5-3-1-2(6(19)7(3)20)4(5)10(8,15)12(11,17)18/h2-7,19-20H,1H2/t2-,3-,4-,5+,6-,7+,10+,11+/m0/s1. The Labute approximate surface area is 145 Å². The summed E-state index contributed by atoms with van der Waals surface area (Å²) in [7, 11) is 0.